The molecule has 10 heteroatoms. The van der Waals surface area contributed by atoms with Crippen molar-refractivity contribution < 1.29 is 34.2 Å². The zero-order valence-electron chi connectivity index (χ0n) is 17.9. The van der Waals surface area contributed by atoms with E-state index in [1.165, 1.54) is 18.7 Å². The number of carbonyl (C=O) groups excluding carboxylic acids is 1. The van der Waals surface area contributed by atoms with E-state index in [1.807, 2.05) is 52.0 Å². The number of nitrogens with one attached hydrogen (secondary N) is 1. The van der Waals surface area contributed by atoms with E-state index in [-0.39, 0.29) is 5.91 Å². The summed E-state index contributed by atoms with van der Waals surface area (Å²) in [6.45, 7) is 8.88. The van der Waals surface area contributed by atoms with Crippen molar-refractivity contribution in [1.29, 1.82) is 0 Å². The quantitative estimate of drug-likeness (QED) is 0.475. The number of aliphatic hydroxyl groups is 3. The van der Waals surface area contributed by atoms with Gasteiger partial charge in [0.1, 0.15) is 23.7 Å². The van der Waals surface area contributed by atoms with Gasteiger partial charge in [-0.15, -0.1) is 0 Å². The standard InChI is InChI=1S/C20H30BNO7S/c1-11(24)22-15-17(26)16(25)14(10-23)27-18(15)30-13-8-6-12(7-9-13)21-28-19(2,3)20(4,5)29-21/h6-9,14-18,23,25-26H,10H2,1-5H3,(H,22,24). The third-order valence-electron chi connectivity index (χ3n) is 5.91. The minimum absolute atomic E-state index is 0.348. The molecule has 2 aliphatic rings. The van der Waals surface area contributed by atoms with Crippen LogP contribution in [0.1, 0.15) is 34.6 Å². The first kappa shape index (κ1) is 23.5. The fraction of sp³-hybridized carbons (Fsp3) is 0.650. The third kappa shape index (κ3) is 4.70. The lowest BCUT2D eigenvalue weighted by Gasteiger charge is -2.42. The highest BCUT2D eigenvalue weighted by molar-refractivity contribution is 7.99. The van der Waals surface area contributed by atoms with E-state index < -0.39 is 54.7 Å². The minimum atomic E-state index is -1.30. The Labute approximate surface area is 181 Å². The summed E-state index contributed by atoms with van der Waals surface area (Å²) < 4.78 is 17.9. The van der Waals surface area contributed by atoms with Crippen LogP contribution in [0, 0.1) is 0 Å². The maximum Gasteiger partial charge on any atom is 0.494 e. The Hall–Kier alpha value is -1.14. The summed E-state index contributed by atoms with van der Waals surface area (Å²) in [7, 11) is -0.470. The maximum absolute atomic E-state index is 11.6. The second kappa shape index (κ2) is 8.78. The van der Waals surface area contributed by atoms with E-state index in [4.69, 9.17) is 14.0 Å². The summed E-state index contributed by atoms with van der Waals surface area (Å²) in [6.07, 6.45) is -3.50. The summed E-state index contributed by atoms with van der Waals surface area (Å²) in [5, 5.41) is 32.6. The van der Waals surface area contributed by atoms with Crippen LogP contribution in [0.25, 0.3) is 0 Å². The Morgan fingerprint density at radius 2 is 1.67 bits per heavy atom. The molecule has 3 rings (SSSR count). The van der Waals surface area contributed by atoms with Crippen molar-refractivity contribution in [2.24, 2.45) is 0 Å². The monoisotopic (exact) mass is 439 g/mol. The number of carbonyl (C=O) groups is 1. The van der Waals surface area contributed by atoms with Gasteiger partial charge in [0.15, 0.2) is 0 Å². The van der Waals surface area contributed by atoms with Crippen molar-refractivity contribution in [3.63, 3.8) is 0 Å². The van der Waals surface area contributed by atoms with E-state index in [1.54, 1.807) is 0 Å². The molecule has 166 valence electrons. The first-order chi connectivity index (χ1) is 13.9. The molecule has 0 saturated carbocycles. The highest BCUT2D eigenvalue weighted by atomic mass is 32.2. The molecule has 2 saturated heterocycles. The SMILES string of the molecule is CC(=O)NC1C(Sc2ccc(B3OC(C)(C)C(C)(C)O3)cc2)OC(CO)C(O)C1O. The topological polar surface area (TPSA) is 117 Å². The van der Waals surface area contributed by atoms with Crippen molar-refractivity contribution in [1.82, 2.24) is 5.32 Å². The van der Waals surface area contributed by atoms with Crippen molar-refractivity contribution in [3.05, 3.63) is 24.3 Å². The summed E-state index contributed by atoms with van der Waals surface area (Å²) in [5.74, 6) is -0.348. The molecule has 0 radical (unpaired) electrons. The van der Waals surface area contributed by atoms with Crippen LogP contribution in [0.2, 0.25) is 0 Å². The summed E-state index contributed by atoms with van der Waals surface area (Å²) in [4.78, 5) is 12.4. The lowest BCUT2D eigenvalue weighted by atomic mass is 9.79. The van der Waals surface area contributed by atoms with Gasteiger partial charge >= 0.3 is 7.12 Å². The second-order valence-corrected chi connectivity index (χ2v) is 9.88. The second-order valence-electron chi connectivity index (χ2n) is 8.71. The van der Waals surface area contributed by atoms with Gasteiger partial charge in [0.25, 0.3) is 0 Å². The zero-order chi connectivity index (χ0) is 22.3. The third-order valence-corrected chi connectivity index (χ3v) is 7.09. The Kier molecular flexibility index (Phi) is 6.88. The lowest BCUT2D eigenvalue weighted by Crippen LogP contribution is -2.63. The van der Waals surface area contributed by atoms with Gasteiger partial charge in [-0.05, 0) is 45.3 Å². The van der Waals surface area contributed by atoms with E-state index in [2.05, 4.69) is 5.32 Å². The summed E-state index contributed by atoms with van der Waals surface area (Å²) in [5.41, 5.74) is -0.664. The van der Waals surface area contributed by atoms with Crippen molar-refractivity contribution in [3.8, 4) is 0 Å². The van der Waals surface area contributed by atoms with Crippen LogP contribution < -0.4 is 10.8 Å². The number of thioether (sulfide) groups is 1. The van der Waals surface area contributed by atoms with Gasteiger partial charge in [0.2, 0.25) is 5.91 Å². The molecular formula is C20H30BNO7S. The van der Waals surface area contributed by atoms with E-state index >= 15 is 0 Å². The van der Waals surface area contributed by atoms with E-state index in [0.717, 1.165) is 10.4 Å². The fourth-order valence-electron chi connectivity index (χ4n) is 3.39. The lowest BCUT2D eigenvalue weighted by molar-refractivity contribution is -0.173. The van der Waals surface area contributed by atoms with Crippen LogP contribution in [-0.2, 0) is 18.8 Å². The number of amides is 1. The molecule has 0 spiro atoms. The van der Waals surface area contributed by atoms with E-state index in [9.17, 15) is 20.1 Å². The molecule has 2 aliphatic heterocycles. The van der Waals surface area contributed by atoms with Gasteiger partial charge in [-0.2, -0.15) is 0 Å². The molecule has 0 aliphatic carbocycles. The molecule has 0 aromatic heterocycles. The van der Waals surface area contributed by atoms with Crippen LogP contribution in [0.5, 0.6) is 0 Å². The first-order valence-electron chi connectivity index (χ1n) is 9.97. The number of aliphatic hydroxyl groups excluding tert-OH is 3. The fourth-order valence-corrected chi connectivity index (χ4v) is 4.52. The van der Waals surface area contributed by atoms with Gasteiger partial charge in [0.05, 0.1) is 23.9 Å². The first-order valence-corrected chi connectivity index (χ1v) is 10.8. The molecular weight excluding hydrogens is 409 g/mol. The molecule has 30 heavy (non-hydrogen) atoms. The van der Waals surface area contributed by atoms with Crippen LogP contribution in [-0.4, -0.2) is 75.9 Å². The smallest absolute Gasteiger partial charge is 0.399 e. The van der Waals surface area contributed by atoms with Gasteiger partial charge in [-0.25, -0.2) is 0 Å². The number of rotatable bonds is 5. The predicted octanol–water partition coefficient (Wildman–Crippen LogP) is 0.0216. The molecule has 5 atom stereocenters. The normalized spacial score (nSPS) is 32.8. The Morgan fingerprint density at radius 1 is 1.10 bits per heavy atom. The average molecular weight is 439 g/mol. The van der Waals surface area contributed by atoms with Gasteiger partial charge < -0.3 is 34.7 Å². The molecule has 1 aromatic carbocycles. The van der Waals surface area contributed by atoms with Gasteiger partial charge in [-0.1, -0.05) is 23.9 Å². The number of ether oxygens (including phenoxy) is 1. The Morgan fingerprint density at radius 3 is 2.17 bits per heavy atom. The zero-order valence-corrected chi connectivity index (χ0v) is 18.7. The number of benzene rings is 1. The van der Waals surface area contributed by atoms with Crippen LogP contribution in [0.3, 0.4) is 0 Å². The Bertz CT molecular complexity index is 744. The minimum Gasteiger partial charge on any atom is -0.399 e. The van der Waals surface area contributed by atoms with Gasteiger partial charge in [-0.3, -0.25) is 4.79 Å². The highest BCUT2D eigenvalue weighted by Crippen LogP contribution is 2.37. The molecule has 5 unspecified atom stereocenters. The molecule has 0 bridgehead atoms. The van der Waals surface area contributed by atoms with Crippen molar-refractivity contribution in [2.75, 3.05) is 6.61 Å². The molecule has 1 amide bonds. The molecule has 2 heterocycles. The molecule has 2 fully saturated rings. The molecule has 4 N–H and O–H groups in total. The van der Waals surface area contributed by atoms with Crippen LogP contribution >= 0.6 is 11.8 Å². The summed E-state index contributed by atoms with van der Waals surface area (Å²) in [6, 6.07) is 6.73. The number of hydrogen-bond donors (Lipinski definition) is 4. The highest BCUT2D eigenvalue weighted by Gasteiger charge is 2.51. The van der Waals surface area contributed by atoms with Crippen molar-refractivity contribution in [2.45, 2.75) is 80.5 Å². The Balaban J connectivity index is 1.74. The maximum atomic E-state index is 11.6. The van der Waals surface area contributed by atoms with E-state index in [0.29, 0.717) is 0 Å². The average Bonchev–Trinajstić information content (AvgIpc) is 2.89. The van der Waals surface area contributed by atoms with Gasteiger partial charge in [0, 0.05) is 11.8 Å². The molecule has 8 nitrogen and oxygen atoms in total. The van der Waals surface area contributed by atoms with Crippen LogP contribution in [0.4, 0.5) is 0 Å². The largest absolute Gasteiger partial charge is 0.494 e. The van der Waals surface area contributed by atoms with Crippen molar-refractivity contribution >= 4 is 30.3 Å². The summed E-state index contributed by atoms with van der Waals surface area (Å²) >= 11 is 1.29. The number of hydrogen-bond acceptors (Lipinski definition) is 8. The predicted molar refractivity (Wildman–Crippen MR) is 113 cm³/mol. The molecule has 1 aromatic rings. The van der Waals surface area contributed by atoms with Crippen LogP contribution in [0.15, 0.2) is 29.2 Å².